The maximum atomic E-state index is 13.0. The predicted octanol–water partition coefficient (Wildman–Crippen LogP) is 2.78. The summed E-state index contributed by atoms with van der Waals surface area (Å²) in [6.45, 7) is 5.55. The standard InChI is InChI=1S/C23H28ClN5O3/c1-14(17-4-2-3-16-9-15(13-30)10-18(16)17)25-21-19-11-29(12-20(19)26-22(24)27-21)23(31)28-5-7-32-8-6-28/h2-4,14-15,30H,5-13H2,1H3,(H,25,26,27)/t14-,15+/m0/s1. The lowest BCUT2D eigenvalue weighted by Crippen LogP contribution is -2.46. The highest BCUT2D eigenvalue weighted by Crippen LogP contribution is 2.35. The van der Waals surface area contributed by atoms with Crippen molar-refractivity contribution in [2.75, 3.05) is 38.2 Å². The lowest BCUT2D eigenvalue weighted by atomic mass is 9.97. The number of anilines is 1. The maximum absolute atomic E-state index is 13.0. The van der Waals surface area contributed by atoms with Crippen LogP contribution in [-0.4, -0.2) is 63.8 Å². The number of aliphatic hydroxyl groups is 1. The highest BCUT2D eigenvalue weighted by atomic mass is 35.5. The van der Waals surface area contributed by atoms with Crippen LogP contribution >= 0.6 is 11.6 Å². The van der Waals surface area contributed by atoms with Crippen LogP contribution in [0.2, 0.25) is 5.28 Å². The number of nitrogens with one attached hydrogen (secondary N) is 1. The number of nitrogens with zero attached hydrogens (tertiary/aromatic N) is 4. The van der Waals surface area contributed by atoms with Crippen LogP contribution in [0.15, 0.2) is 18.2 Å². The second-order valence-electron chi connectivity index (χ2n) is 8.81. The Morgan fingerprint density at radius 1 is 1.22 bits per heavy atom. The lowest BCUT2D eigenvalue weighted by molar-refractivity contribution is 0.0429. The minimum Gasteiger partial charge on any atom is -0.396 e. The Hall–Kier alpha value is -2.42. The summed E-state index contributed by atoms with van der Waals surface area (Å²) >= 11 is 6.25. The van der Waals surface area contributed by atoms with E-state index in [1.807, 2.05) is 4.90 Å². The van der Waals surface area contributed by atoms with Crippen molar-refractivity contribution in [1.29, 1.82) is 0 Å². The summed E-state index contributed by atoms with van der Waals surface area (Å²) in [6.07, 6.45) is 1.80. The molecule has 2 aliphatic heterocycles. The van der Waals surface area contributed by atoms with Crippen molar-refractivity contribution in [3.05, 3.63) is 51.4 Å². The third-order valence-electron chi connectivity index (χ3n) is 6.70. The minimum atomic E-state index is -0.00246. The number of fused-ring (bicyclic) bond motifs is 2. The molecule has 2 atom stereocenters. The van der Waals surface area contributed by atoms with Crippen LogP contribution in [0.4, 0.5) is 10.6 Å². The number of halogens is 1. The molecule has 3 heterocycles. The van der Waals surface area contributed by atoms with Crippen LogP contribution in [0, 0.1) is 5.92 Å². The molecule has 1 fully saturated rings. The molecule has 0 radical (unpaired) electrons. The molecular formula is C23H28ClN5O3. The number of urea groups is 1. The Morgan fingerprint density at radius 2 is 2.03 bits per heavy atom. The van der Waals surface area contributed by atoms with Gasteiger partial charge in [0.1, 0.15) is 5.82 Å². The number of amides is 2. The van der Waals surface area contributed by atoms with E-state index in [1.54, 1.807) is 4.90 Å². The number of hydrogen-bond acceptors (Lipinski definition) is 6. The van der Waals surface area contributed by atoms with Crippen LogP contribution in [0.25, 0.3) is 0 Å². The number of aromatic nitrogens is 2. The van der Waals surface area contributed by atoms with E-state index in [9.17, 15) is 9.90 Å². The van der Waals surface area contributed by atoms with Gasteiger partial charge in [-0.05, 0) is 54.0 Å². The van der Waals surface area contributed by atoms with E-state index >= 15 is 0 Å². The summed E-state index contributed by atoms with van der Waals surface area (Å²) in [5.41, 5.74) is 5.54. The molecule has 3 aliphatic rings. The largest absolute Gasteiger partial charge is 0.396 e. The second kappa shape index (κ2) is 8.84. The van der Waals surface area contributed by atoms with Gasteiger partial charge >= 0.3 is 6.03 Å². The molecule has 5 rings (SSSR count). The van der Waals surface area contributed by atoms with E-state index in [2.05, 4.69) is 40.4 Å². The molecule has 0 saturated carbocycles. The van der Waals surface area contributed by atoms with Gasteiger partial charge in [-0.25, -0.2) is 14.8 Å². The van der Waals surface area contributed by atoms with Crippen LogP contribution in [-0.2, 0) is 30.7 Å². The van der Waals surface area contributed by atoms with E-state index in [0.717, 1.165) is 24.1 Å². The Labute approximate surface area is 192 Å². The fourth-order valence-electron chi connectivity index (χ4n) is 5.02. The minimum absolute atomic E-state index is 0.00135. The summed E-state index contributed by atoms with van der Waals surface area (Å²) < 4.78 is 5.36. The number of rotatable bonds is 4. The topological polar surface area (TPSA) is 90.8 Å². The van der Waals surface area contributed by atoms with Gasteiger partial charge in [0.2, 0.25) is 5.28 Å². The first-order valence-corrected chi connectivity index (χ1v) is 11.6. The van der Waals surface area contributed by atoms with Gasteiger partial charge < -0.3 is 25.0 Å². The van der Waals surface area contributed by atoms with Crippen LogP contribution in [0.5, 0.6) is 0 Å². The van der Waals surface area contributed by atoms with Crippen molar-refractivity contribution in [3.63, 3.8) is 0 Å². The van der Waals surface area contributed by atoms with Crippen molar-refractivity contribution < 1.29 is 14.6 Å². The van der Waals surface area contributed by atoms with Gasteiger partial charge in [-0.1, -0.05) is 18.2 Å². The van der Waals surface area contributed by atoms with Crippen molar-refractivity contribution in [3.8, 4) is 0 Å². The van der Waals surface area contributed by atoms with Gasteiger partial charge in [-0.2, -0.15) is 0 Å². The van der Waals surface area contributed by atoms with Crippen LogP contribution in [0.1, 0.15) is 40.9 Å². The van der Waals surface area contributed by atoms with Gasteiger partial charge in [0.15, 0.2) is 0 Å². The van der Waals surface area contributed by atoms with E-state index in [1.165, 1.54) is 16.7 Å². The number of morpholine rings is 1. The Kier molecular flexibility index (Phi) is 5.92. The smallest absolute Gasteiger partial charge is 0.320 e. The van der Waals surface area contributed by atoms with Gasteiger partial charge in [0.05, 0.1) is 38.0 Å². The van der Waals surface area contributed by atoms with Gasteiger partial charge in [0.25, 0.3) is 0 Å². The quantitative estimate of drug-likeness (QED) is 0.686. The number of carbonyl (C=O) groups is 1. The Bertz CT molecular complexity index is 1030. The molecular weight excluding hydrogens is 430 g/mol. The molecule has 170 valence electrons. The molecule has 2 amide bonds. The predicted molar refractivity (Wildman–Crippen MR) is 121 cm³/mol. The molecule has 8 nitrogen and oxygen atoms in total. The molecule has 0 bridgehead atoms. The molecule has 1 aliphatic carbocycles. The first-order valence-electron chi connectivity index (χ1n) is 11.2. The van der Waals surface area contributed by atoms with Crippen molar-refractivity contribution in [2.24, 2.45) is 5.92 Å². The van der Waals surface area contributed by atoms with Crippen molar-refractivity contribution in [2.45, 2.75) is 38.9 Å². The fraction of sp³-hybridized carbons (Fsp3) is 0.522. The van der Waals surface area contributed by atoms with Gasteiger partial charge in [-0.15, -0.1) is 0 Å². The monoisotopic (exact) mass is 457 g/mol. The first kappa shape index (κ1) is 21.4. The summed E-state index contributed by atoms with van der Waals surface area (Å²) in [7, 11) is 0. The molecule has 1 saturated heterocycles. The number of ether oxygens (including phenoxy) is 1. The number of hydrogen-bond donors (Lipinski definition) is 2. The molecule has 9 heteroatoms. The average Bonchev–Trinajstić information content (AvgIpc) is 3.43. The SMILES string of the molecule is C[C@H](Nc1nc(Cl)nc2c1CN(C(=O)N1CCOCC1)C2)c1cccc2c1C[C@H](CO)C2. The normalized spacial score (nSPS) is 20.8. The third kappa shape index (κ3) is 4.02. The van der Waals surface area contributed by atoms with Gasteiger partial charge in [0, 0.05) is 25.3 Å². The number of carbonyl (C=O) groups excluding carboxylic acids is 1. The van der Waals surface area contributed by atoms with Crippen LogP contribution in [0.3, 0.4) is 0 Å². The molecule has 1 aromatic heterocycles. The first-order chi connectivity index (χ1) is 15.5. The fourth-order valence-corrected chi connectivity index (χ4v) is 5.20. The molecule has 2 N–H and O–H groups in total. The molecule has 32 heavy (non-hydrogen) atoms. The summed E-state index contributed by atoms with van der Waals surface area (Å²) in [4.78, 5) is 25.5. The molecule has 0 spiro atoms. The number of aliphatic hydroxyl groups excluding tert-OH is 1. The third-order valence-corrected chi connectivity index (χ3v) is 6.86. The summed E-state index contributed by atoms with van der Waals surface area (Å²) in [5.74, 6) is 0.968. The van der Waals surface area contributed by atoms with Crippen molar-refractivity contribution >= 4 is 23.4 Å². The number of benzene rings is 1. The second-order valence-corrected chi connectivity index (χ2v) is 9.15. The van der Waals surface area contributed by atoms with E-state index in [0.29, 0.717) is 45.2 Å². The Balaban J connectivity index is 1.36. The maximum Gasteiger partial charge on any atom is 0.320 e. The zero-order chi connectivity index (χ0) is 22.2. The molecule has 2 aromatic rings. The highest BCUT2D eigenvalue weighted by Gasteiger charge is 2.32. The Morgan fingerprint density at radius 3 is 2.81 bits per heavy atom. The summed E-state index contributed by atoms with van der Waals surface area (Å²) in [5, 5.41) is 13.3. The van der Waals surface area contributed by atoms with E-state index in [-0.39, 0.29) is 29.9 Å². The zero-order valence-corrected chi connectivity index (χ0v) is 18.9. The van der Waals surface area contributed by atoms with E-state index < -0.39 is 0 Å². The van der Waals surface area contributed by atoms with E-state index in [4.69, 9.17) is 16.3 Å². The average molecular weight is 458 g/mol. The lowest BCUT2D eigenvalue weighted by Gasteiger charge is -2.30. The highest BCUT2D eigenvalue weighted by molar-refractivity contribution is 6.28. The van der Waals surface area contributed by atoms with Gasteiger partial charge in [-0.3, -0.25) is 0 Å². The zero-order valence-electron chi connectivity index (χ0n) is 18.2. The van der Waals surface area contributed by atoms with Crippen molar-refractivity contribution in [1.82, 2.24) is 19.8 Å². The summed E-state index contributed by atoms with van der Waals surface area (Å²) in [6, 6.07) is 6.36. The molecule has 1 aromatic carbocycles. The molecule has 0 unspecified atom stereocenters. The van der Waals surface area contributed by atoms with Crippen LogP contribution < -0.4 is 5.32 Å².